The SMILES string of the molecule is CC(C)[C@H]1OS(=O)O[C@@H]1C(=O)O. The number of rotatable bonds is 2. The second kappa shape index (κ2) is 3.51. The van der Waals surface area contributed by atoms with Crippen LogP contribution in [0.15, 0.2) is 0 Å². The van der Waals surface area contributed by atoms with E-state index in [1.165, 1.54) is 0 Å². The summed E-state index contributed by atoms with van der Waals surface area (Å²) >= 11 is -1.90. The zero-order valence-electron chi connectivity index (χ0n) is 6.72. The molecule has 12 heavy (non-hydrogen) atoms. The summed E-state index contributed by atoms with van der Waals surface area (Å²) in [4.78, 5) is 10.5. The maximum absolute atomic E-state index is 10.7. The Bertz CT molecular complexity index is 214. The number of aliphatic carboxylic acids is 1. The lowest BCUT2D eigenvalue weighted by atomic mass is 10.0. The predicted octanol–water partition coefficient (Wildman–Crippen LogP) is 0.0897. The molecule has 0 bridgehead atoms. The first-order valence-electron chi connectivity index (χ1n) is 3.51. The molecule has 0 aromatic carbocycles. The average Bonchev–Trinajstić information content (AvgIpc) is 2.31. The molecule has 0 amide bonds. The molecular formula is C6H10O5S. The monoisotopic (exact) mass is 194 g/mol. The number of hydrogen-bond acceptors (Lipinski definition) is 4. The van der Waals surface area contributed by atoms with Crippen molar-refractivity contribution in [2.45, 2.75) is 26.1 Å². The van der Waals surface area contributed by atoms with E-state index in [1.54, 1.807) is 13.8 Å². The molecule has 0 aromatic heterocycles. The van der Waals surface area contributed by atoms with Crippen LogP contribution in [0.2, 0.25) is 0 Å². The lowest BCUT2D eigenvalue weighted by Gasteiger charge is -2.13. The van der Waals surface area contributed by atoms with E-state index in [0.29, 0.717) is 0 Å². The van der Waals surface area contributed by atoms with E-state index in [-0.39, 0.29) is 5.92 Å². The van der Waals surface area contributed by atoms with Gasteiger partial charge in [0.05, 0.1) is 0 Å². The first-order valence-corrected chi connectivity index (χ1v) is 4.51. The molecule has 1 heterocycles. The highest BCUT2D eigenvalue weighted by atomic mass is 32.2. The molecule has 0 spiro atoms. The number of carboxylic acids is 1. The van der Waals surface area contributed by atoms with Gasteiger partial charge in [0.2, 0.25) is 6.10 Å². The van der Waals surface area contributed by atoms with E-state index in [4.69, 9.17) is 9.29 Å². The fourth-order valence-electron chi connectivity index (χ4n) is 0.946. The minimum Gasteiger partial charge on any atom is -0.479 e. The molecule has 1 fully saturated rings. The fourth-order valence-corrected chi connectivity index (χ4v) is 1.86. The van der Waals surface area contributed by atoms with Crippen LogP contribution in [0.1, 0.15) is 13.8 Å². The van der Waals surface area contributed by atoms with Gasteiger partial charge in [-0.05, 0) is 5.92 Å². The van der Waals surface area contributed by atoms with Gasteiger partial charge in [-0.25, -0.2) is 4.79 Å². The van der Waals surface area contributed by atoms with E-state index in [9.17, 15) is 9.00 Å². The van der Waals surface area contributed by atoms with Crippen LogP contribution in [-0.4, -0.2) is 27.5 Å². The quantitative estimate of drug-likeness (QED) is 0.674. The molecule has 0 saturated carbocycles. The van der Waals surface area contributed by atoms with Crippen molar-refractivity contribution >= 4 is 17.3 Å². The number of hydrogen-bond donors (Lipinski definition) is 1. The molecule has 70 valence electrons. The Morgan fingerprint density at radius 3 is 2.42 bits per heavy atom. The van der Waals surface area contributed by atoms with Crippen LogP contribution >= 0.6 is 0 Å². The Balaban J connectivity index is 2.72. The summed E-state index contributed by atoms with van der Waals surface area (Å²) in [7, 11) is 0. The van der Waals surface area contributed by atoms with Crippen LogP contribution in [0.4, 0.5) is 0 Å². The van der Waals surface area contributed by atoms with Gasteiger partial charge in [-0.3, -0.25) is 8.37 Å². The van der Waals surface area contributed by atoms with Crippen molar-refractivity contribution in [2.75, 3.05) is 0 Å². The number of carbonyl (C=O) groups is 1. The van der Waals surface area contributed by atoms with E-state index in [2.05, 4.69) is 4.18 Å². The van der Waals surface area contributed by atoms with E-state index in [1.807, 2.05) is 0 Å². The topological polar surface area (TPSA) is 72.8 Å². The van der Waals surface area contributed by atoms with Crippen molar-refractivity contribution in [3.05, 3.63) is 0 Å². The molecule has 5 nitrogen and oxygen atoms in total. The second-order valence-electron chi connectivity index (χ2n) is 2.86. The molecule has 3 atom stereocenters. The summed E-state index contributed by atoms with van der Waals surface area (Å²) in [6.45, 7) is 3.57. The Kier molecular flexibility index (Phi) is 2.81. The molecule has 6 heteroatoms. The van der Waals surface area contributed by atoms with Crippen molar-refractivity contribution in [3.63, 3.8) is 0 Å². The van der Waals surface area contributed by atoms with Gasteiger partial charge < -0.3 is 5.11 Å². The second-order valence-corrected chi connectivity index (χ2v) is 3.66. The average molecular weight is 194 g/mol. The minimum atomic E-state index is -1.90. The first-order chi connectivity index (χ1) is 5.52. The van der Waals surface area contributed by atoms with Crippen molar-refractivity contribution in [1.29, 1.82) is 0 Å². The van der Waals surface area contributed by atoms with Crippen molar-refractivity contribution in [1.82, 2.24) is 0 Å². The van der Waals surface area contributed by atoms with Gasteiger partial charge in [-0.1, -0.05) is 13.8 Å². The van der Waals surface area contributed by atoms with E-state index >= 15 is 0 Å². The molecule has 0 radical (unpaired) electrons. The molecule has 0 aliphatic carbocycles. The highest BCUT2D eigenvalue weighted by Gasteiger charge is 2.42. The van der Waals surface area contributed by atoms with Gasteiger partial charge >= 0.3 is 17.3 Å². The van der Waals surface area contributed by atoms with Crippen molar-refractivity contribution in [2.24, 2.45) is 5.92 Å². The Labute approximate surface area is 72.5 Å². The van der Waals surface area contributed by atoms with Crippen LogP contribution in [0.3, 0.4) is 0 Å². The highest BCUT2D eigenvalue weighted by molar-refractivity contribution is 7.75. The van der Waals surface area contributed by atoms with Crippen molar-refractivity contribution < 1.29 is 22.5 Å². The summed E-state index contributed by atoms with van der Waals surface area (Å²) < 4.78 is 20.0. The zero-order valence-corrected chi connectivity index (χ0v) is 7.54. The minimum absolute atomic E-state index is 0.0300. The van der Waals surface area contributed by atoms with Crippen molar-refractivity contribution in [3.8, 4) is 0 Å². The first kappa shape index (κ1) is 9.63. The molecule has 1 rings (SSSR count). The Morgan fingerprint density at radius 1 is 1.50 bits per heavy atom. The molecule has 1 aliphatic rings. The summed E-state index contributed by atoms with van der Waals surface area (Å²) in [5, 5.41) is 8.61. The third-order valence-electron chi connectivity index (χ3n) is 1.57. The normalized spacial score (nSPS) is 35.8. The summed E-state index contributed by atoms with van der Waals surface area (Å²) in [6.07, 6.45) is -1.73. The van der Waals surface area contributed by atoms with Gasteiger partial charge in [0, 0.05) is 0 Å². The van der Waals surface area contributed by atoms with Crippen LogP contribution in [0, 0.1) is 5.92 Å². The van der Waals surface area contributed by atoms with Gasteiger partial charge in [0.25, 0.3) is 0 Å². The molecular weight excluding hydrogens is 184 g/mol. The Hall–Kier alpha value is -0.460. The molecule has 0 aromatic rings. The smallest absolute Gasteiger partial charge is 0.337 e. The lowest BCUT2D eigenvalue weighted by molar-refractivity contribution is -0.146. The molecule has 1 unspecified atom stereocenters. The molecule has 1 aliphatic heterocycles. The van der Waals surface area contributed by atoms with Gasteiger partial charge in [-0.15, -0.1) is 0 Å². The van der Waals surface area contributed by atoms with Crippen LogP contribution < -0.4 is 0 Å². The standard InChI is InChI=1S/C6H10O5S/c1-3(2)4-5(6(7)8)11-12(9)10-4/h3-5H,1-2H3,(H,7,8)/t4-,5+,12?/m1/s1. The molecule has 1 saturated heterocycles. The largest absolute Gasteiger partial charge is 0.479 e. The predicted molar refractivity (Wildman–Crippen MR) is 40.4 cm³/mol. The summed E-state index contributed by atoms with van der Waals surface area (Å²) in [5.74, 6) is -1.17. The third-order valence-corrected chi connectivity index (χ3v) is 2.31. The van der Waals surface area contributed by atoms with E-state index < -0.39 is 29.5 Å². The van der Waals surface area contributed by atoms with Crippen LogP contribution in [0.25, 0.3) is 0 Å². The van der Waals surface area contributed by atoms with Gasteiger partial charge in [0.1, 0.15) is 6.10 Å². The maximum atomic E-state index is 10.7. The lowest BCUT2D eigenvalue weighted by Crippen LogP contribution is -2.34. The number of carboxylic acid groups (broad SMARTS) is 1. The van der Waals surface area contributed by atoms with Crippen LogP contribution in [0.5, 0.6) is 0 Å². The van der Waals surface area contributed by atoms with Crippen LogP contribution in [-0.2, 0) is 24.5 Å². The fraction of sp³-hybridized carbons (Fsp3) is 0.833. The zero-order chi connectivity index (χ0) is 9.30. The Morgan fingerprint density at radius 2 is 2.08 bits per heavy atom. The summed E-state index contributed by atoms with van der Waals surface area (Å²) in [5.41, 5.74) is 0. The maximum Gasteiger partial charge on any atom is 0.337 e. The van der Waals surface area contributed by atoms with Gasteiger partial charge in [-0.2, -0.15) is 4.21 Å². The van der Waals surface area contributed by atoms with E-state index in [0.717, 1.165) is 0 Å². The third kappa shape index (κ3) is 1.82. The van der Waals surface area contributed by atoms with Gasteiger partial charge in [0.15, 0.2) is 0 Å². The highest BCUT2D eigenvalue weighted by Crippen LogP contribution is 2.23. The summed E-state index contributed by atoms with van der Waals surface area (Å²) in [6, 6.07) is 0. The molecule has 1 N–H and O–H groups in total.